The van der Waals surface area contributed by atoms with Crippen molar-refractivity contribution in [2.75, 3.05) is 5.75 Å². The second-order valence-corrected chi connectivity index (χ2v) is 13.8. The number of hydrogen-bond donors (Lipinski definition) is 4. The number of rotatable bonds is 4. The number of nitrogens with one attached hydrogen (secondary N) is 1. The van der Waals surface area contributed by atoms with Crippen LogP contribution in [0, 0.1) is 0 Å². The zero-order valence-corrected chi connectivity index (χ0v) is 13.3. The van der Waals surface area contributed by atoms with E-state index in [2.05, 4.69) is 16.7 Å². The molecule has 6 nitrogen and oxygen atoms in total. The van der Waals surface area contributed by atoms with Crippen LogP contribution in [0.15, 0.2) is 0 Å². The minimum absolute atomic E-state index is 0.392. The first-order valence-electron chi connectivity index (χ1n) is 5.60. The number of aliphatic hydroxyl groups is 3. The van der Waals surface area contributed by atoms with Gasteiger partial charge in [0.1, 0.15) is 0 Å². The minimum atomic E-state index is -1.30. The molecule has 0 bridgehead atoms. The SMILES string of the molecule is CC(=O)N[C@@H]1[C@@H](O)[C@H](O)[C@@H](CS[As](C)C)O[C@@H]1O. The Morgan fingerprint density at radius 1 is 1.33 bits per heavy atom. The molecule has 1 aliphatic rings. The van der Waals surface area contributed by atoms with E-state index >= 15 is 0 Å². The maximum atomic E-state index is 10.9. The number of ether oxygens (including phenoxy) is 1. The molecule has 1 aliphatic heterocycles. The first kappa shape index (κ1) is 16.3. The van der Waals surface area contributed by atoms with E-state index in [1.807, 2.05) is 0 Å². The summed E-state index contributed by atoms with van der Waals surface area (Å²) in [5.41, 5.74) is 4.31. The van der Waals surface area contributed by atoms with Crippen LogP contribution in [0.2, 0.25) is 11.4 Å². The van der Waals surface area contributed by atoms with Gasteiger partial charge in [-0.05, 0) is 0 Å². The Balaban J connectivity index is 2.61. The molecule has 0 aromatic carbocycles. The van der Waals surface area contributed by atoms with Gasteiger partial charge < -0.3 is 0 Å². The van der Waals surface area contributed by atoms with Crippen molar-refractivity contribution in [2.24, 2.45) is 0 Å². The van der Waals surface area contributed by atoms with Gasteiger partial charge >= 0.3 is 114 Å². The molecule has 0 saturated carbocycles. The molecule has 1 amide bonds. The van der Waals surface area contributed by atoms with Gasteiger partial charge in [-0.15, -0.1) is 0 Å². The monoisotopic (exact) mass is 341 g/mol. The fraction of sp³-hybridized carbons (Fsp3) is 0.900. The van der Waals surface area contributed by atoms with Crippen molar-refractivity contribution in [3.05, 3.63) is 0 Å². The number of amides is 1. The van der Waals surface area contributed by atoms with Crippen molar-refractivity contribution in [1.29, 1.82) is 0 Å². The third kappa shape index (κ3) is 4.40. The van der Waals surface area contributed by atoms with Gasteiger partial charge in [0, 0.05) is 0 Å². The normalized spacial score (nSPS) is 36.7. The van der Waals surface area contributed by atoms with E-state index in [-0.39, 0.29) is 0 Å². The van der Waals surface area contributed by atoms with E-state index < -0.39 is 50.0 Å². The molecule has 0 radical (unpaired) electrons. The molecule has 4 N–H and O–H groups in total. The number of carbonyl (C=O) groups is 1. The van der Waals surface area contributed by atoms with Gasteiger partial charge in [-0.3, -0.25) is 0 Å². The Kier molecular flexibility index (Phi) is 6.44. The molecule has 18 heavy (non-hydrogen) atoms. The summed E-state index contributed by atoms with van der Waals surface area (Å²) < 4.78 is 5.27. The van der Waals surface area contributed by atoms with Crippen LogP contribution >= 0.6 is 10.0 Å². The first-order chi connectivity index (χ1) is 8.32. The summed E-state index contributed by atoms with van der Waals surface area (Å²) in [7, 11) is 1.71. The van der Waals surface area contributed by atoms with Crippen molar-refractivity contribution in [3.8, 4) is 0 Å². The van der Waals surface area contributed by atoms with Crippen LogP contribution in [0.5, 0.6) is 0 Å². The molecule has 0 unspecified atom stereocenters. The van der Waals surface area contributed by atoms with Crippen molar-refractivity contribution in [1.82, 2.24) is 5.32 Å². The molecule has 0 aliphatic carbocycles. The van der Waals surface area contributed by atoms with Gasteiger partial charge in [-0.1, -0.05) is 0 Å². The predicted molar refractivity (Wildman–Crippen MR) is 70.4 cm³/mol. The van der Waals surface area contributed by atoms with E-state index in [9.17, 15) is 20.1 Å². The Morgan fingerprint density at radius 3 is 2.44 bits per heavy atom. The van der Waals surface area contributed by atoms with Crippen LogP contribution in [0.3, 0.4) is 0 Å². The quantitative estimate of drug-likeness (QED) is 0.485. The molecule has 1 heterocycles. The fourth-order valence-electron chi connectivity index (χ4n) is 1.70. The predicted octanol–water partition coefficient (Wildman–Crippen LogP) is -1.09. The van der Waals surface area contributed by atoms with E-state index in [0.717, 1.165) is 0 Å². The summed E-state index contributed by atoms with van der Waals surface area (Å²) >= 11 is -0.917. The molecule has 106 valence electrons. The average Bonchev–Trinajstić information content (AvgIpc) is 2.27. The first-order valence-corrected chi connectivity index (χ1v) is 12.6. The second-order valence-electron chi connectivity index (χ2n) is 4.38. The zero-order chi connectivity index (χ0) is 13.9. The molecule has 0 spiro atoms. The van der Waals surface area contributed by atoms with Gasteiger partial charge in [0.05, 0.1) is 0 Å². The Labute approximate surface area is 114 Å². The van der Waals surface area contributed by atoms with Gasteiger partial charge in [-0.2, -0.15) is 0 Å². The van der Waals surface area contributed by atoms with Crippen molar-refractivity contribution in [3.63, 3.8) is 0 Å². The van der Waals surface area contributed by atoms with Gasteiger partial charge in [-0.25, -0.2) is 0 Å². The van der Waals surface area contributed by atoms with Crippen LogP contribution in [0.25, 0.3) is 0 Å². The standard InChI is InChI=1S/C10H20AsNO5S/c1-5(13)12-7-9(15)8(14)6(17-10(7)16)4-18-11(2)3/h6-10,14-16H,4H2,1-3H3,(H,12,13)/t6-,7-,8-,9-,10+/m1/s1. The van der Waals surface area contributed by atoms with Crippen LogP contribution in [-0.2, 0) is 9.53 Å². The average molecular weight is 341 g/mol. The molecular formula is C10H20AsNO5S. The molecular weight excluding hydrogens is 321 g/mol. The van der Waals surface area contributed by atoms with E-state index in [0.29, 0.717) is 5.75 Å². The summed E-state index contributed by atoms with van der Waals surface area (Å²) in [6.45, 7) is 1.28. The fourth-order valence-corrected chi connectivity index (χ4v) is 5.22. The van der Waals surface area contributed by atoms with Gasteiger partial charge in [0.15, 0.2) is 0 Å². The molecule has 0 aromatic rings. The van der Waals surface area contributed by atoms with Gasteiger partial charge in [0.2, 0.25) is 0 Å². The van der Waals surface area contributed by atoms with Crippen LogP contribution in [0.1, 0.15) is 6.92 Å². The zero-order valence-electron chi connectivity index (χ0n) is 10.6. The van der Waals surface area contributed by atoms with E-state index in [1.165, 1.54) is 6.92 Å². The van der Waals surface area contributed by atoms with Crippen LogP contribution in [0.4, 0.5) is 0 Å². The van der Waals surface area contributed by atoms with Crippen molar-refractivity contribution < 1.29 is 24.9 Å². The molecule has 1 saturated heterocycles. The summed E-state index contributed by atoms with van der Waals surface area (Å²) in [6.07, 6.45) is -4.24. The van der Waals surface area contributed by atoms with Crippen LogP contribution < -0.4 is 5.32 Å². The second kappa shape index (κ2) is 7.12. The molecule has 5 atom stereocenters. The number of carbonyl (C=O) groups excluding carboxylic acids is 1. The number of hydrogen-bond acceptors (Lipinski definition) is 6. The maximum absolute atomic E-state index is 10.9. The Bertz CT molecular complexity index is 293. The van der Waals surface area contributed by atoms with E-state index in [4.69, 9.17) is 4.74 Å². The summed E-state index contributed by atoms with van der Waals surface area (Å²) in [5, 5.41) is 31.9. The topological polar surface area (TPSA) is 99.0 Å². The summed E-state index contributed by atoms with van der Waals surface area (Å²) in [6, 6.07) is -0.990. The summed E-state index contributed by atoms with van der Waals surface area (Å²) in [5.74, 6) is 0.145. The Morgan fingerprint density at radius 2 is 1.94 bits per heavy atom. The number of aliphatic hydroxyl groups excluding tert-OH is 3. The molecule has 1 fully saturated rings. The third-order valence-corrected chi connectivity index (χ3v) is 7.77. The summed E-state index contributed by atoms with van der Waals surface area (Å²) in [4.78, 5) is 10.9. The van der Waals surface area contributed by atoms with Crippen LogP contribution in [-0.4, -0.2) is 71.1 Å². The van der Waals surface area contributed by atoms with Crippen molar-refractivity contribution >= 4 is 29.4 Å². The van der Waals surface area contributed by atoms with E-state index in [1.54, 1.807) is 10.0 Å². The molecule has 8 heteroatoms. The molecule has 1 rings (SSSR count). The molecule has 0 aromatic heterocycles. The van der Waals surface area contributed by atoms with Crippen molar-refractivity contribution in [2.45, 2.75) is 49.0 Å². The van der Waals surface area contributed by atoms with Gasteiger partial charge in [0.25, 0.3) is 0 Å². The third-order valence-electron chi connectivity index (χ3n) is 2.59. The Hall–Kier alpha value is 0.218.